The lowest BCUT2D eigenvalue weighted by molar-refractivity contribution is -0.0721. The molecule has 2 heterocycles. The second-order valence-electron chi connectivity index (χ2n) is 8.23. The highest BCUT2D eigenvalue weighted by molar-refractivity contribution is 5.79. The number of hydrogen-bond acceptors (Lipinski definition) is 6. The first kappa shape index (κ1) is 24.5. The van der Waals surface area contributed by atoms with E-state index in [0.717, 1.165) is 81.7 Å². The van der Waals surface area contributed by atoms with Crippen LogP contribution in [0.25, 0.3) is 0 Å². The molecule has 2 aliphatic heterocycles. The van der Waals surface area contributed by atoms with Crippen molar-refractivity contribution in [1.29, 1.82) is 0 Å². The third-order valence-corrected chi connectivity index (χ3v) is 5.94. The van der Waals surface area contributed by atoms with Gasteiger partial charge in [0.05, 0.1) is 39.6 Å². The monoisotopic (exact) mass is 449 g/mol. The first-order valence-electron chi connectivity index (χ1n) is 11.8. The highest BCUT2D eigenvalue weighted by Crippen LogP contribution is 2.27. The van der Waals surface area contributed by atoms with Crippen molar-refractivity contribution in [2.24, 2.45) is 4.99 Å². The molecule has 8 heteroatoms. The highest BCUT2D eigenvalue weighted by atomic mass is 16.5. The molecule has 1 aromatic carbocycles. The summed E-state index contributed by atoms with van der Waals surface area (Å²) >= 11 is 0. The van der Waals surface area contributed by atoms with Crippen LogP contribution in [0.1, 0.15) is 38.5 Å². The first-order valence-corrected chi connectivity index (χ1v) is 11.8. The Labute approximate surface area is 192 Å². The van der Waals surface area contributed by atoms with Crippen molar-refractivity contribution < 1.29 is 23.7 Å². The van der Waals surface area contributed by atoms with Crippen molar-refractivity contribution in [3.8, 4) is 17.2 Å². The topological polar surface area (TPSA) is 73.8 Å². The van der Waals surface area contributed by atoms with E-state index in [4.69, 9.17) is 23.7 Å². The lowest BCUT2D eigenvalue weighted by Gasteiger charge is -2.35. The number of nitrogens with one attached hydrogen (secondary N) is 1. The highest BCUT2D eigenvalue weighted by Gasteiger charge is 2.23. The minimum atomic E-state index is 0.288. The van der Waals surface area contributed by atoms with E-state index in [9.17, 15) is 0 Å². The molecule has 1 unspecified atom stereocenters. The molecule has 1 atom stereocenters. The smallest absolute Gasteiger partial charge is 0.193 e. The maximum Gasteiger partial charge on any atom is 0.193 e. The van der Waals surface area contributed by atoms with E-state index in [0.29, 0.717) is 12.7 Å². The Morgan fingerprint density at radius 1 is 1.06 bits per heavy atom. The number of hydrogen-bond donors (Lipinski definition) is 1. The molecule has 0 saturated carbocycles. The van der Waals surface area contributed by atoms with Crippen LogP contribution >= 0.6 is 0 Å². The van der Waals surface area contributed by atoms with Gasteiger partial charge in [-0.3, -0.25) is 4.99 Å². The molecule has 2 saturated heterocycles. The first-order chi connectivity index (χ1) is 15.7. The fourth-order valence-electron chi connectivity index (χ4n) is 4.08. The lowest BCUT2D eigenvalue weighted by Crippen LogP contribution is -2.47. The second-order valence-corrected chi connectivity index (χ2v) is 8.23. The van der Waals surface area contributed by atoms with Crippen molar-refractivity contribution in [2.45, 2.75) is 50.7 Å². The molecule has 8 nitrogen and oxygen atoms in total. The van der Waals surface area contributed by atoms with Gasteiger partial charge in [-0.25, -0.2) is 0 Å². The fourth-order valence-corrected chi connectivity index (χ4v) is 4.08. The molecule has 0 amide bonds. The molecule has 0 radical (unpaired) electrons. The Morgan fingerprint density at radius 2 is 1.78 bits per heavy atom. The number of methoxy groups -OCH3 is 2. The summed E-state index contributed by atoms with van der Waals surface area (Å²) in [5, 5.41) is 3.45. The number of guanidine groups is 1. The molecule has 0 spiro atoms. The van der Waals surface area contributed by atoms with E-state index in [1.54, 1.807) is 14.2 Å². The van der Waals surface area contributed by atoms with Crippen LogP contribution < -0.4 is 19.5 Å². The Morgan fingerprint density at radius 3 is 2.41 bits per heavy atom. The average Bonchev–Trinajstić information content (AvgIpc) is 2.85. The minimum Gasteiger partial charge on any atom is -0.496 e. The largest absolute Gasteiger partial charge is 0.496 e. The molecule has 0 aliphatic carbocycles. The summed E-state index contributed by atoms with van der Waals surface area (Å²) in [6.45, 7) is 4.92. The van der Waals surface area contributed by atoms with Gasteiger partial charge in [0.1, 0.15) is 17.2 Å². The number of rotatable bonds is 10. The normalized spacial score (nSPS) is 20.2. The summed E-state index contributed by atoms with van der Waals surface area (Å²) < 4.78 is 28.3. The fraction of sp³-hybridized carbons (Fsp3) is 0.708. The zero-order valence-corrected chi connectivity index (χ0v) is 19.8. The van der Waals surface area contributed by atoms with Gasteiger partial charge < -0.3 is 33.9 Å². The quantitative estimate of drug-likeness (QED) is 0.334. The maximum absolute atomic E-state index is 6.13. The number of aliphatic imine (C=N–C) groups is 1. The molecule has 3 rings (SSSR count). The molecular formula is C24H39N3O5. The number of piperidine rings is 1. The summed E-state index contributed by atoms with van der Waals surface area (Å²) in [5.74, 6) is 3.13. The zero-order valence-electron chi connectivity index (χ0n) is 19.8. The Bertz CT molecular complexity index is 679. The molecule has 1 aromatic rings. The zero-order chi connectivity index (χ0) is 22.6. The standard InChI is InChI=1S/C24H39N3O5/c1-25-24(26-10-6-14-31-23-16-21(28-2)15-22(17-23)29-3)27-11-8-19(9-12-27)32-18-20-7-4-5-13-30-20/h15-17,19-20H,4-14,18H2,1-3H3,(H,25,26). The van der Waals surface area contributed by atoms with Crippen molar-refractivity contribution in [3.63, 3.8) is 0 Å². The van der Waals surface area contributed by atoms with Gasteiger partial charge in [0.25, 0.3) is 0 Å². The predicted molar refractivity (Wildman–Crippen MR) is 125 cm³/mol. The Kier molecular flexibility index (Phi) is 10.2. The van der Waals surface area contributed by atoms with Gasteiger partial charge in [0, 0.05) is 51.5 Å². The van der Waals surface area contributed by atoms with Crippen LogP contribution in [0.5, 0.6) is 17.2 Å². The third-order valence-electron chi connectivity index (χ3n) is 5.94. The van der Waals surface area contributed by atoms with E-state index in [-0.39, 0.29) is 6.10 Å². The minimum absolute atomic E-state index is 0.288. The third kappa shape index (κ3) is 7.74. The summed E-state index contributed by atoms with van der Waals surface area (Å²) in [5.41, 5.74) is 0. The van der Waals surface area contributed by atoms with Gasteiger partial charge in [0.15, 0.2) is 5.96 Å². The van der Waals surface area contributed by atoms with E-state index < -0.39 is 0 Å². The molecule has 32 heavy (non-hydrogen) atoms. The molecule has 0 bridgehead atoms. The van der Waals surface area contributed by atoms with Crippen LogP contribution in [0.4, 0.5) is 0 Å². The molecule has 0 aromatic heterocycles. The number of ether oxygens (including phenoxy) is 5. The number of nitrogens with zero attached hydrogens (tertiary/aromatic N) is 2. The summed E-state index contributed by atoms with van der Waals surface area (Å²) in [4.78, 5) is 6.76. The van der Waals surface area contributed by atoms with E-state index in [2.05, 4.69) is 15.2 Å². The van der Waals surface area contributed by atoms with Crippen LogP contribution in [-0.4, -0.2) is 83.8 Å². The van der Waals surface area contributed by atoms with Crippen LogP contribution in [-0.2, 0) is 9.47 Å². The van der Waals surface area contributed by atoms with Gasteiger partial charge in [-0.2, -0.15) is 0 Å². The van der Waals surface area contributed by atoms with Gasteiger partial charge in [-0.1, -0.05) is 0 Å². The van der Waals surface area contributed by atoms with Gasteiger partial charge in [-0.05, 0) is 38.5 Å². The van der Waals surface area contributed by atoms with E-state index in [1.807, 2.05) is 25.2 Å². The molecule has 180 valence electrons. The van der Waals surface area contributed by atoms with Crippen molar-refractivity contribution in [3.05, 3.63) is 18.2 Å². The van der Waals surface area contributed by atoms with Crippen LogP contribution in [0.15, 0.2) is 23.2 Å². The van der Waals surface area contributed by atoms with Crippen molar-refractivity contribution in [1.82, 2.24) is 10.2 Å². The van der Waals surface area contributed by atoms with Gasteiger partial charge in [-0.15, -0.1) is 0 Å². The van der Waals surface area contributed by atoms with Gasteiger partial charge >= 0.3 is 0 Å². The predicted octanol–water partition coefficient (Wildman–Crippen LogP) is 3.10. The molecule has 1 N–H and O–H groups in total. The summed E-state index contributed by atoms with van der Waals surface area (Å²) in [6.07, 6.45) is 7.09. The number of likely N-dealkylation sites (tertiary alicyclic amines) is 1. The second kappa shape index (κ2) is 13.4. The summed E-state index contributed by atoms with van der Waals surface area (Å²) in [7, 11) is 5.10. The van der Waals surface area contributed by atoms with Crippen LogP contribution in [0, 0.1) is 0 Å². The lowest BCUT2D eigenvalue weighted by atomic mass is 10.1. The molecule has 2 aliphatic rings. The number of benzene rings is 1. The van der Waals surface area contributed by atoms with E-state index in [1.165, 1.54) is 12.8 Å². The molecular weight excluding hydrogens is 410 g/mol. The average molecular weight is 450 g/mol. The van der Waals surface area contributed by atoms with E-state index >= 15 is 0 Å². The molecule has 2 fully saturated rings. The summed E-state index contributed by atoms with van der Waals surface area (Å²) in [6, 6.07) is 5.55. The maximum atomic E-state index is 6.13. The van der Waals surface area contributed by atoms with Crippen LogP contribution in [0.3, 0.4) is 0 Å². The van der Waals surface area contributed by atoms with Crippen molar-refractivity contribution in [2.75, 3.05) is 60.7 Å². The Hall–Kier alpha value is -2.19. The van der Waals surface area contributed by atoms with Crippen LogP contribution in [0.2, 0.25) is 0 Å². The van der Waals surface area contributed by atoms with Crippen molar-refractivity contribution >= 4 is 5.96 Å². The van der Waals surface area contributed by atoms with Gasteiger partial charge in [0.2, 0.25) is 0 Å². The SMILES string of the molecule is CN=C(NCCCOc1cc(OC)cc(OC)c1)N1CCC(OCC2CCCCO2)CC1. The Balaban J connectivity index is 1.31.